The Hall–Kier alpha value is -0.500. The van der Waals surface area contributed by atoms with E-state index < -0.39 is 30.7 Å². The lowest BCUT2D eigenvalue weighted by Crippen LogP contribution is -2.59. The number of ether oxygens (including phenoxy) is 3. The van der Waals surface area contributed by atoms with Crippen LogP contribution in [0.1, 0.15) is 0 Å². The second-order valence-corrected chi connectivity index (χ2v) is 3.59. The Kier molecular flexibility index (Phi) is 5.33. The fourth-order valence-electron chi connectivity index (χ4n) is 1.52. The molecular weight excluding hydrogens is 216 g/mol. The average molecular weight is 234 g/mol. The van der Waals surface area contributed by atoms with Gasteiger partial charge in [0.2, 0.25) is 0 Å². The van der Waals surface area contributed by atoms with Crippen molar-refractivity contribution in [2.45, 2.75) is 30.7 Å². The second-order valence-electron chi connectivity index (χ2n) is 3.59. The van der Waals surface area contributed by atoms with Crippen LogP contribution in [0.25, 0.3) is 0 Å². The molecule has 0 bridgehead atoms. The van der Waals surface area contributed by atoms with Crippen LogP contribution in [0, 0.1) is 0 Å². The zero-order chi connectivity index (χ0) is 12.1. The molecule has 6 heteroatoms. The number of methoxy groups -OCH3 is 1. The maximum Gasteiger partial charge on any atom is 0.187 e. The molecule has 1 heterocycles. The topological polar surface area (TPSA) is 88.4 Å². The summed E-state index contributed by atoms with van der Waals surface area (Å²) in [5.41, 5.74) is 0. The fraction of sp³-hybridized carbons (Fsp3) is 0.800. The van der Waals surface area contributed by atoms with E-state index in [4.69, 9.17) is 14.2 Å². The lowest BCUT2D eigenvalue weighted by molar-refractivity contribution is -0.299. The molecule has 0 spiro atoms. The average Bonchev–Trinajstić information content (AvgIpc) is 2.28. The van der Waals surface area contributed by atoms with Crippen LogP contribution < -0.4 is 0 Å². The predicted molar refractivity (Wildman–Crippen MR) is 54.7 cm³/mol. The second kappa shape index (κ2) is 6.29. The normalized spacial score (nSPS) is 39.6. The van der Waals surface area contributed by atoms with Crippen LogP contribution in [0.4, 0.5) is 0 Å². The maximum absolute atomic E-state index is 9.59. The number of hydrogen-bond donors (Lipinski definition) is 3. The van der Waals surface area contributed by atoms with Crippen molar-refractivity contribution >= 4 is 0 Å². The van der Waals surface area contributed by atoms with Gasteiger partial charge >= 0.3 is 0 Å². The summed E-state index contributed by atoms with van der Waals surface area (Å²) in [6.45, 7) is 3.76. The van der Waals surface area contributed by atoms with Gasteiger partial charge in [-0.3, -0.25) is 0 Å². The summed E-state index contributed by atoms with van der Waals surface area (Å²) in [6, 6.07) is 0. The van der Waals surface area contributed by atoms with Crippen molar-refractivity contribution in [3.05, 3.63) is 12.7 Å². The van der Waals surface area contributed by atoms with Gasteiger partial charge in [-0.05, 0) is 0 Å². The summed E-state index contributed by atoms with van der Waals surface area (Å²) in [5.74, 6) is 0. The number of rotatable bonds is 5. The van der Waals surface area contributed by atoms with Gasteiger partial charge in [-0.1, -0.05) is 6.08 Å². The summed E-state index contributed by atoms with van der Waals surface area (Å²) >= 11 is 0. The van der Waals surface area contributed by atoms with E-state index in [1.807, 2.05) is 0 Å². The highest BCUT2D eigenvalue weighted by molar-refractivity contribution is 4.89. The van der Waals surface area contributed by atoms with Crippen LogP contribution in [0.2, 0.25) is 0 Å². The molecule has 1 saturated heterocycles. The molecule has 0 amide bonds. The van der Waals surface area contributed by atoms with Crippen molar-refractivity contribution in [1.29, 1.82) is 0 Å². The lowest BCUT2D eigenvalue weighted by atomic mass is 9.99. The van der Waals surface area contributed by atoms with E-state index in [1.165, 1.54) is 13.2 Å². The zero-order valence-electron chi connectivity index (χ0n) is 9.15. The first-order valence-electron chi connectivity index (χ1n) is 5.03. The van der Waals surface area contributed by atoms with Gasteiger partial charge in [0.1, 0.15) is 24.4 Å². The smallest absolute Gasteiger partial charge is 0.187 e. The van der Waals surface area contributed by atoms with Crippen molar-refractivity contribution in [3.63, 3.8) is 0 Å². The minimum Gasteiger partial charge on any atom is -0.387 e. The van der Waals surface area contributed by atoms with Gasteiger partial charge in [-0.15, -0.1) is 6.58 Å². The molecule has 0 saturated carbocycles. The Labute approximate surface area is 94.1 Å². The minimum atomic E-state index is -1.32. The Morgan fingerprint density at radius 1 is 1.25 bits per heavy atom. The maximum atomic E-state index is 9.59. The van der Waals surface area contributed by atoms with Crippen molar-refractivity contribution < 1.29 is 29.5 Å². The SMILES string of the molecule is C=CCOC1OC(COC)C(O)C(O)C1O. The molecule has 0 aliphatic carbocycles. The standard InChI is InChI=1S/C10H18O6/c1-3-4-15-10-9(13)8(12)7(11)6(16-10)5-14-2/h3,6-13H,1,4-5H2,2H3. The van der Waals surface area contributed by atoms with Crippen molar-refractivity contribution in [3.8, 4) is 0 Å². The molecule has 16 heavy (non-hydrogen) atoms. The molecule has 3 N–H and O–H groups in total. The molecule has 94 valence electrons. The third-order valence-electron chi connectivity index (χ3n) is 2.38. The first-order chi connectivity index (χ1) is 7.61. The fourth-order valence-corrected chi connectivity index (χ4v) is 1.52. The number of aliphatic hydroxyl groups excluding tert-OH is 3. The van der Waals surface area contributed by atoms with E-state index in [2.05, 4.69) is 6.58 Å². The van der Waals surface area contributed by atoms with Crippen molar-refractivity contribution in [2.75, 3.05) is 20.3 Å². The van der Waals surface area contributed by atoms with Crippen molar-refractivity contribution in [1.82, 2.24) is 0 Å². The summed E-state index contributed by atoms with van der Waals surface area (Å²) in [4.78, 5) is 0. The number of hydrogen-bond acceptors (Lipinski definition) is 6. The monoisotopic (exact) mass is 234 g/mol. The predicted octanol–water partition coefficient (Wildman–Crippen LogP) is -1.36. The Morgan fingerprint density at radius 2 is 1.94 bits per heavy atom. The highest BCUT2D eigenvalue weighted by Gasteiger charge is 2.44. The zero-order valence-corrected chi connectivity index (χ0v) is 9.15. The van der Waals surface area contributed by atoms with Crippen LogP contribution in [0.5, 0.6) is 0 Å². The van der Waals surface area contributed by atoms with Gasteiger partial charge in [0, 0.05) is 7.11 Å². The van der Waals surface area contributed by atoms with E-state index in [-0.39, 0.29) is 13.2 Å². The molecular formula is C10H18O6. The van der Waals surface area contributed by atoms with Crippen LogP contribution in [0.15, 0.2) is 12.7 Å². The van der Waals surface area contributed by atoms with E-state index in [0.717, 1.165) is 0 Å². The molecule has 0 aromatic heterocycles. The molecule has 0 aromatic carbocycles. The van der Waals surface area contributed by atoms with Gasteiger partial charge in [0.15, 0.2) is 6.29 Å². The van der Waals surface area contributed by atoms with Gasteiger partial charge in [0.05, 0.1) is 13.2 Å². The molecule has 1 fully saturated rings. The quantitative estimate of drug-likeness (QED) is 0.509. The van der Waals surface area contributed by atoms with Crippen LogP contribution in [-0.4, -0.2) is 66.3 Å². The molecule has 5 atom stereocenters. The minimum absolute atomic E-state index is 0.110. The van der Waals surface area contributed by atoms with E-state index in [1.54, 1.807) is 0 Å². The van der Waals surface area contributed by atoms with Gasteiger partial charge in [-0.2, -0.15) is 0 Å². The lowest BCUT2D eigenvalue weighted by Gasteiger charge is -2.39. The van der Waals surface area contributed by atoms with Crippen LogP contribution in [-0.2, 0) is 14.2 Å². The largest absolute Gasteiger partial charge is 0.387 e. The van der Waals surface area contributed by atoms with Gasteiger partial charge in [-0.25, -0.2) is 0 Å². The van der Waals surface area contributed by atoms with E-state index in [0.29, 0.717) is 0 Å². The number of aliphatic hydroxyl groups is 3. The molecule has 0 aromatic rings. The molecule has 6 nitrogen and oxygen atoms in total. The highest BCUT2D eigenvalue weighted by atomic mass is 16.7. The summed E-state index contributed by atoms with van der Waals surface area (Å²) < 4.78 is 15.2. The summed E-state index contributed by atoms with van der Waals surface area (Å²) in [7, 11) is 1.45. The molecule has 5 unspecified atom stereocenters. The highest BCUT2D eigenvalue weighted by Crippen LogP contribution is 2.22. The van der Waals surface area contributed by atoms with Crippen LogP contribution in [0.3, 0.4) is 0 Å². The van der Waals surface area contributed by atoms with Crippen molar-refractivity contribution in [2.24, 2.45) is 0 Å². The summed E-state index contributed by atoms with van der Waals surface area (Å²) in [6.07, 6.45) is -4.01. The third kappa shape index (κ3) is 3.00. The van der Waals surface area contributed by atoms with Crippen LogP contribution >= 0.6 is 0 Å². The molecule has 1 aliphatic heterocycles. The first kappa shape index (κ1) is 13.6. The summed E-state index contributed by atoms with van der Waals surface area (Å²) in [5, 5.41) is 28.7. The molecule has 1 rings (SSSR count). The molecule has 0 radical (unpaired) electrons. The van der Waals surface area contributed by atoms with E-state index in [9.17, 15) is 15.3 Å². The molecule has 1 aliphatic rings. The Morgan fingerprint density at radius 3 is 2.50 bits per heavy atom. The Balaban J connectivity index is 2.61. The Bertz CT molecular complexity index is 221. The third-order valence-corrected chi connectivity index (χ3v) is 2.38. The van der Waals surface area contributed by atoms with Gasteiger partial charge in [0.25, 0.3) is 0 Å². The van der Waals surface area contributed by atoms with Gasteiger partial charge < -0.3 is 29.5 Å². The first-order valence-corrected chi connectivity index (χ1v) is 5.03. The van der Waals surface area contributed by atoms with E-state index >= 15 is 0 Å².